The number of benzene rings is 2. The number of fused-ring (bicyclic) bond motifs is 1. The molecule has 4 rings (SSSR count). The Balaban J connectivity index is 1.28. The van der Waals surface area contributed by atoms with E-state index in [1.807, 2.05) is 17.8 Å². The van der Waals surface area contributed by atoms with Gasteiger partial charge >= 0.3 is 0 Å². The van der Waals surface area contributed by atoms with Gasteiger partial charge in [-0.2, -0.15) is 0 Å². The van der Waals surface area contributed by atoms with Crippen molar-refractivity contribution < 1.29 is 9.47 Å². The van der Waals surface area contributed by atoms with Crippen LogP contribution in [0.1, 0.15) is 12.5 Å². The van der Waals surface area contributed by atoms with Gasteiger partial charge in [-0.1, -0.05) is 31.2 Å². The average Bonchev–Trinajstić information content (AvgIpc) is 2.74. The second-order valence-corrected chi connectivity index (χ2v) is 8.08. The molecule has 2 aliphatic heterocycles. The van der Waals surface area contributed by atoms with Crippen LogP contribution in [-0.4, -0.2) is 56.6 Å². The summed E-state index contributed by atoms with van der Waals surface area (Å²) in [5, 5.41) is 0. The summed E-state index contributed by atoms with van der Waals surface area (Å²) >= 11 is 1.99. The molecule has 2 heterocycles. The van der Waals surface area contributed by atoms with Gasteiger partial charge in [0, 0.05) is 43.4 Å². The van der Waals surface area contributed by atoms with E-state index in [0.29, 0.717) is 13.2 Å². The van der Waals surface area contributed by atoms with Crippen LogP contribution in [0.5, 0.6) is 11.5 Å². The quantitative estimate of drug-likeness (QED) is 0.703. The van der Waals surface area contributed by atoms with E-state index in [-0.39, 0.29) is 0 Å². The molecule has 0 spiro atoms. The van der Waals surface area contributed by atoms with Crippen LogP contribution in [0.15, 0.2) is 47.4 Å². The van der Waals surface area contributed by atoms with Gasteiger partial charge in [0.1, 0.15) is 13.2 Å². The Morgan fingerprint density at radius 1 is 0.926 bits per heavy atom. The number of nitrogens with zero attached hydrogens (tertiary/aromatic N) is 2. The van der Waals surface area contributed by atoms with Crippen LogP contribution in [0.4, 0.5) is 5.69 Å². The lowest BCUT2D eigenvalue weighted by Gasteiger charge is -2.37. The molecule has 0 amide bonds. The van der Waals surface area contributed by atoms with Crippen molar-refractivity contribution in [2.75, 3.05) is 56.6 Å². The first kappa shape index (κ1) is 18.5. The molecule has 0 N–H and O–H groups in total. The SMILES string of the molecule is CCc1ccccc1SCCN1CCN(c2cccc3c2OCCO3)CC1. The number of rotatable bonds is 6. The second-order valence-electron chi connectivity index (χ2n) is 6.94. The summed E-state index contributed by atoms with van der Waals surface area (Å²) in [6.45, 7) is 8.93. The summed E-state index contributed by atoms with van der Waals surface area (Å²) in [4.78, 5) is 6.45. The van der Waals surface area contributed by atoms with Crippen molar-refractivity contribution in [2.24, 2.45) is 0 Å². The largest absolute Gasteiger partial charge is 0.486 e. The lowest BCUT2D eigenvalue weighted by molar-refractivity contribution is 0.171. The minimum atomic E-state index is 0.639. The van der Waals surface area contributed by atoms with Gasteiger partial charge in [0.2, 0.25) is 0 Å². The number of piperazine rings is 1. The molecule has 0 unspecified atom stereocenters. The fraction of sp³-hybridized carbons (Fsp3) is 0.455. The molecule has 0 atom stereocenters. The van der Waals surface area contributed by atoms with E-state index in [0.717, 1.165) is 56.4 Å². The zero-order valence-corrected chi connectivity index (χ0v) is 16.8. The summed E-state index contributed by atoms with van der Waals surface area (Å²) < 4.78 is 11.6. The van der Waals surface area contributed by atoms with Crippen LogP contribution in [0.25, 0.3) is 0 Å². The monoisotopic (exact) mass is 384 g/mol. The second kappa shape index (κ2) is 8.89. The molecule has 0 bridgehead atoms. The van der Waals surface area contributed by atoms with E-state index in [1.165, 1.54) is 16.1 Å². The summed E-state index contributed by atoms with van der Waals surface area (Å²) in [5.74, 6) is 2.95. The van der Waals surface area contributed by atoms with Crippen molar-refractivity contribution >= 4 is 17.4 Å². The first-order chi connectivity index (χ1) is 13.3. The molecule has 0 radical (unpaired) electrons. The number of aryl methyl sites for hydroxylation is 1. The van der Waals surface area contributed by atoms with Crippen molar-refractivity contribution in [2.45, 2.75) is 18.2 Å². The number of hydrogen-bond acceptors (Lipinski definition) is 5. The fourth-order valence-corrected chi connectivity index (χ4v) is 4.88. The molecule has 0 saturated carbocycles. The molecule has 2 aliphatic rings. The van der Waals surface area contributed by atoms with E-state index < -0.39 is 0 Å². The van der Waals surface area contributed by atoms with Crippen LogP contribution in [0, 0.1) is 0 Å². The first-order valence-corrected chi connectivity index (χ1v) is 10.9. The first-order valence-electron chi connectivity index (χ1n) is 9.92. The van der Waals surface area contributed by atoms with Gasteiger partial charge in [0.15, 0.2) is 11.5 Å². The molecule has 2 aromatic rings. The molecule has 27 heavy (non-hydrogen) atoms. The van der Waals surface area contributed by atoms with Gasteiger partial charge in [-0.05, 0) is 30.2 Å². The summed E-state index contributed by atoms with van der Waals surface area (Å²) in [5.41, 5.74) is 2.64. The van der Waals surface area contributed by atoms with Gasteiger partial charge in [-0.3, -0.25) is 4.90 Å². The fourth-order valence-electron chi connectivity index (χ4n) is 3.74. The number of para-hydroxylation sites is 1. The van der Waals surface area contributed by atoms with E-state index in [1.54, 1.807) is 0 Å². The number of thioether (sulfide) groups is 1. The normalized spacial score (nSPS) is 17.1. The Hall–Kier alpha value is -1.85. The lowest BCUT2D eigenvalue weighted by Crippen LogP contribution is -2.47. The third-order valence-corrected chi connectivity index (χ3v) is 6.37. The van der Waals surface area contributed by atoms with Gasteiger partial charge in [0.25, 0.3) is 0 Å². The molecule has 0 aromatic heterocycles. The van der Waals surface area contributed by atoms with E-state index in [4.69, 9.17) is 9.47 Å². The molecule has 5 heteroatoms. The van der Waals surface area contributed by atoms with Crippen molar-refractivity contribution in [1.82, 2.24) is 4.90 Å². The third-order valence-electron chi connectivity index (χ3n) is 5.28. The maximum absolute atomic E-state index is 5.89. The predicted octanol–water partition coefficient (Wildman–Crippen LogP) is 3.93. The van der Waals surface area contributed by atoms with Crippen LogP contribution < -0.4 is 14.4 Å². The third kappa shape index (κ3) is 4.36. The van der Waals surface area contributed by atoms with Crippen LogP contribution in [0.2, 0.25) is 0 Å². The van der Waals surface area contributed by atoms with Crippen molar-refractivity contribution in [1.29, 1.82) is 0 Å². The number of anilines is 1. The standard InChI is InChI=1S/C22H28N2O2S/c1-2-18-6-3-4-9-21(18)27-17-14-23-10-12-24(13-11-23)19-7-5-8-20-22(19)26-16-15-25-20/h3-9H,2,10-17H2,1H3. The van der Waals surface area contributed by atoms with Gasteiger partial charge in [-0.25, -0.2) is 0 Å². The zero-order chi connectivity index (χ0) is 18.5. The highest BCUT2D eigenvalue weighted by atomic mass is 32.2. The molecule has 0 aliphatic carbocycles. The minimum absolute atomic E-state index is 0.639. The van der Waals surface area contributed by atoms with Gasteiger partial charge in [0.05, 0.1) is 5.69 Å². The Morgan fingerprint density at radius 3 is 2.59 bits per heavy atom. The van der Waals surface area contributed by atoms with Gasteiger partial charge < -0.3 is 14.4 Å². The van der Waals surface area contributed by atoms with E-state index in [9.17, 15) is 0 Å². The maximum Gasteiger partial charge on any atom is 0.184 e. The highest BCUT2D eigenvalue weighted by molar-refractivity contribution is 7.99. The molecule has 144 valence electrons. The number of ether oxygens (including phenoxy) is 2. The zero-order valence-electron chi connectivity index (χ0n) is 16.0. The summed E-state index contributed by atoms with van der Waals surface area (Å²) in [7, 11) is 0. The Bertz CT molecular complexity index is 760. The maximum atomic E-state index is 5.89. The Kier molecular flexibility index (Phi) is 6.10. The molecule has 2 aromatic carbocycles. The Labute approximate surface area is 166 Å². The van der Waals surface area contributed by atoms with Crippen LogP contribution in [0.3, 0.4) is 0 Å². The average molecular weight is 385 g/mol. The molecular weight excluding hydrogens is 356 g/mol. The molecular formula is C22H28N2O2S. The summed E-state index contributed by atoms with van der Waals surface area (Å²) in [6.07, 6.45) is 1.11. The highest BCUT2D eigenvalue weighted by Gasteiger charge is 2.23. The summed E-state index contributed by atoms with van der Waals surface area (Å²) in [6, 6.07) is 15.0. The molecule has 1 fully saturated rings. The predicted molar refractivity (Wildman–Crippen MR) is 113 cm³/mol. The lowest BCUT2D eigenvalue weighted by atomic mass is 10.2. The smallest absolute Gasteiger partial charge is 0.184 e. The van der Waals surface area contributed by atoms with Crippen molar-refractivity contribution in [3.8, 4) is 11.5 Å². The van der Waals surface area contributed by atoms with E-state index >= 15 is 0 Å². The van der Waals surface area contributed by atoms with Crippen molar-refractivity contribution in [3.05, 3.63) is 48.0 Å². The van der Waals surface area contributed by atoms with Crippen LogP contribution >= 0.6 is 11.8 Å². The van der Waals surface area contributed by atoms with E-state index in [2.05, 4.69) is 53.1 Å². The van der Waals surface area contributed by atoms with Crippen LogP contribution in [-0.2, 0) is 6.42 Å². The highest BCUT2D eigenvalue weighted by Crippen LogP contribution is 2.39. The number of hydrogen-bond donors (Lipinski definition) is 0. The van der Waals surface area contributed by atoms with Crippen molar-refractivity contribution in [3.63, 3.8) is 0 Å². The molecule has 1 saturated heterocycles. The molecule has 4 nitrogen and oxygen atoms in total. The minimum Gasteiger partial charge on any atom is -0.486 e. The van der Waals surface area contributed by atoms with Gasteiger partial charge in [-0.15, -0.1) is 11.8 Å². The Morgan fingerprint density at radius 2 is 1.74 bits per heavy atom. The topological polar surface area (TPSA) is 24.9 Å².